The van der Waals surface area contributed by atoms with Crippen molar-refractivity contribution in [2.75, 3.05) is 6.61 Å². The molecule has 12 heteroatoms. The number of carbonyl (C=O) groups is 4. The van der Waals surface area contributed by atoms with Crippen molar-refractivity contribution >= 4 is 35.3 Å². The normalized spacial score (nSPS) is 13.5. The number of aliphatic carboxylic acids is 2. The van der Waals surface area contributed by atoms with Crippen molar-refractivity contribution in [3.8, 4) is 17.6 Å². The molecular weight excluding hydrogens is 472 g/mol. The summed E-state index contributed by atoms with van der Waals surface area (Å²) >= 11 is 0. The predicted octanol–water partition coefficient (Wildman–Crippen LogP) is 1.76. The number of guanidine groups is 1. The van der Waals surface area contributed by atoms with Gasteiger partial charge in [0, 0.05) is 6.42 Å². The highest BCUT2D eigenvalue weighted by atomic mass is 16.6. The van der Waals surface area contributed by atoms with Crippen LogP contribution < -0.4 is 20.9 Å². The van der Waals surface area contributed by atoms with Crippen LogP contribution in [0.4, 0.5) is 5.69 Å². The lowest BCUT2D eigenvalue weighted by molar-refractivity contribution is -0.148. The number of aliphatic imine (C=N–C) groups is 1. The lowest BCUT2D eigenvalue weighted by atomic mass is 9.92. The first-order chi connectivity index (χ1) is 17.1. The van der Waals surface area contributed by atoms with E-state index < -0.39 is 42.5 Å². The molecule has 0 spiro atoms. The van der Waals surface area contributed by atoms with Crippen LogP contribution in [0.2, 0.25) is 0 Å². The number of carboxylic acids is 2. The molecule has 12 nitrogen and oxygen atoms in total. The van der Waals surface area contributed by atoms with Gasteiger partial charge in [0.2, 0.25) is 0 Å². The fraction of sp³-hybridized carbons (Fsp3) is 0.250. The predicted molar refractivity (Wildman–Crippen MR) is 124 cm³/mol. The summed E-state index contributed by atoms with van der Waals surface area (Å²) in [5, 5.41) is 27.9. The molecule has 0 fully saturated rings. The molecule has 3 rings (SSSR count). The number of ketones is 1. The maximum atomic E-state index is 13.1. The quantitative estimate of drug-likeness (QED) is 0.143. The molecule has 0 amide bonds. The van der Waals surface area contributed by atoms with Gasteiger partial charge < -0.3 is 31.2 Å². The molecule has 0 aliphatic carbocycles. The van der Waals surface area contributed by atoms with E-state index in [-0.39, 0.29) is 40.8 Å². The molecule has 1 aliphatic heterocycles. The minimum absolute atomic E-state index is 0.0587. The van der Waals surface area contributed by atoms with Gasteiger partial charge in [0.1, 0.15) is 6.07 Å². The molecule has 1 atom stereocenters. The number of fused-ring (bicyclic) bond motifs is 2. The standard InChI is InChI=1S/C24H22N4O8/c25-11-13-3-6-18-21(20(13)17(29)9-14(22(32)33)10-19(30)31)35-7-1-2-12-8-15(28-24(26)27)4-5-16(12)23(34)36-18/h3-6,8,14H,1-2,7,9-10H2,(H,30,31)(H,32,33)(H4,26,27,28). The van der Waals surface area contributed by atoms with Gasteiger partial charge in [-0.3, -0.25) is 14.4 Å². The number of benzene rings is 2. The number of nitriles is 1. The molecule has 0 bridgehead atoms. The number of esters is 1. The monoisotopic (exact) mass is 494 g/mol. The molecule has 0 saturated carbocycles. The Morgan fingerprint density at radius 2 is 1.89 bits per heavy atom. The minimum atomic E-state index is -1.52. The average Bonchev–Trinajstić information content (AvgIpc) is 2.80. The fourth-order valence-corrected chi connectivity index (χ4v) is 3.74. The summed E-state index contributed by atoms with van der Waals surface area (Å²) in [6, 6.07) is 9.05. The lowest BCUT2D eigenvalue weighted by Crippen LogP contribution is -2.23. The third kappa shape index (κ3) is 5.95. The fourth-order valence-electron chi connectivity index (χ4n) is 3.74. The number of Topliss-reactive ketones (excluding diaryl/α,β-unsaturated/α-hetero) is 1. The molecule has 0 saturated heterocycles. The summed E-state index contributed by atoms with van der Waals surface area (Å²) in [6.07, 6.45) is -0.715. The Morgan fingerprint density at radius 1 is 1.14 bits per heavy atom. The summed E-state index contributed by atoms with van der Waals surface area (Å²) in [5.41, 5.74) is 11.7. The van der Waals surface area contributed by atoms with Gasteiger partial charge >= 0.3 is 17.9 Å². The molecule has 1 aliphatic rings. The van der Waals surface area contributed by atoms with E-state index in [4.69, 9.17) is 26.0 Å². The van der Waals surface area contributed by atoms with Crippen LogP contribution in [-0.4, -0.2) is 46.5 Å². The zero-order chi connectivity index (χ0) is 26.4. The van der Waals surface area contributed by atoms with Gasteiger partial charge in [-0.2, -0.15) is 5.26 Å². The van der Waals surface area contributed by atoms with Crippen LogP contribution in [0.5, 0.6) is 11.5 Å². The number of aryl methyl sites for hydroxylation is 1. The van der Waals surface area contributed by atoms with Crippen molar-refractivity contribution in [2.24, 2.45) is 22.4 Å². The summed E-state index contributed by atoms with van der Waals surface area (Å²) < 4.78 is 11.3. The number of carboxylic acid groups (broad SMARTS) is 2. The number of nitrogens with two attached hydrogens (primary N) is 2. The number of hydrogen-bond acceptors (Lipinski definition) is 8. The van der Waals surface area contributed by atoms with Crippen molar-refractivity contribution in [3.63, 3.8) is 0 Å². The topological polar surface area (TPSA) is 215 Å². The van der Waals surface area contributed by atoms with Gasteiger partial charge in [0.25, 0.3) is 0 Å². The summed E-state index contributed by atoms with van der Waals surface area (Å²) in [4.78, 5) is 52.5. The molecular formula is C24H22N4O8. The zero-order valence-corrected chi connectivity index (χ0v) is 18.9. The van der Waals surface area contributed by atoms with E-state index >= 15 is 0 Å². The van der Waals surface area contributed by atoms with E-state index in [0.29, 0.717) is 24.1 Å². The Kier molecular flexibility index (Phi) is 7.85. The third-order valence-corrected chi connectivity index (χ3v) is 5.33. The van der Waals surface area contributed by atoms with E-state index in [1.54, 1.807) is 6.07 Å². The van der Waals surface area contributed by atoms with E-state index in [1.165, 1.54) is 24.3 Å². The van der Waals surface area contributed by atoms with E-state index in [9.17, 15) is 29.5 Å². The largest absolute Gasteiger partial charge is 0.489 e. The Hall–Kier alpha value is -4.92. The molecule has 186 valence electrons. The highest BCUT2D eigenvalue weighted by Gasteiger charge is 2.30. The van der Waals surface area contributed by atoms with Crippen LogP contribution in [0.3, 0.4) is 0 Å². The second-order valence-corrected chi connectivity index (χ2v) is 7.91. The maximum Gasteiger partial charge on any atom is 0.343 e. The first kappa shape index (κ1) is 25.7. The summed E-state index contributed by atoms with van der Waals surface area (Å²) in [5.74, 6) is -6.45. The molecule has 0 radical (unpaired) electrons. The van der Waals surface area contributed by atoms with Gasteiger partial charge in [0.05, 0.1) is 41.3 Å². The second-order valence-electron chi connectivity index (χ2n) is 7.91. The number of ether oxygens (including phenoxy) is 2. The van der Waals surface area contributed by atoms with Crippen LogP contribution >= 0.6 is 0 Å². The number of hydrogen-bond donors (Lipinski definition) is 4. The minimum Gasteiger partial charge on any atom is -0.489 e. The molecule has 2 aromatic carbocycles. The van der Waals surface area contributed by atoms with Gasteiger partial charge in [-0.15, -0.1) is 0 Å². The van der Waals surface area contributed by atoms with E-state index in [0.717, 1.165) is 0 Å². The highest BCUT2D eigenvalue weighted by Crippen LogP contribution is 2.37. The highest BCUT2D eigenvalue weighted by molar-refractivity contribution is 6.04. The van der Waals surface area contributed by atoms with E-state index in [2.05, 4.69) is 4.99 Å². The van der Waals surface area contributed by atoms with Gasteiger partial charge in [-0.25, -0.2) is 9.79 Å². The smallest absolute Gasteiger partial charge is 0.343 e. The van der Waals surface area contributed by atoms with Crippen LogP contribution in [0, 0.1) is 17.2 Å². The van der Waals surface area contributed by atoms with Crippen molar-refractivity contribution in [1.29, 1.82) is 5.26 Å². The second kappa shape index (κ2) is 11.0. The maximum absolute atomic E-state index is 13.1. The van der Waals surface area contributed by atoms with Crippen molar-refractivity contribution in [1.82, 2.24) is 0 Å². The molecule has 1 unspecified atom stereocenters. The third-order valence-electron chi connectivity index (χ3n) is 5.33. The molecule has 0 aromatic heterocycles. The van der Waals surface area contributed by atoms with Crippen molar-refractivity contribution in [3.05, 3.63) is 52.6 Å². The molecule has 36 heavy (non-hydrogen) atoms. The Labute approximate surface area is 204 Å². The van der Waals surface area contributed by atoms with Crippen LogP contribution in [0.15, 0.2) is 35.3 Å². The van der Waals surface area contributed by atoms with Crippen LogP contribution in [-0.2, 0) is 16.0 Å². The molecule has 2 aromatic rings. The summed E-state index contributed by atoms with van der Waals surface area (Å²) in [7, 11) is 0. The van der Waals surface area contributed by atoms with Crippen molar-refractivity contribution in [2.45, 2.75) is 25.7 Å². The Bertz CT molecular complexity index is 1310. The molecule has 6 N–H and O–H groups in total. The Balaban J connectivity index is 2.03. The van der Waals surface area contributed by atoms with Crippen LogP contribution in [0.25, 0.3) is 0 Å². The van der Waals surface area contributed by atoms with Gasteiger partial charge in [-0.1, -0.05) is 0 Å². The van der Waals surface area contributed by atoms with Crippen molar-refractivity contribution < 1.29 is 38.9 Å². The van der Waals surface area contributed by atoms with E-state index in [1.807, 2.05) is 6.07 Å². The first-order valence-electron chi connectivity index (χ1n) is 10.7. The average molecular weight is 494 g/mol. The zero-order valence-electron chi connectivity index (χ0n) is 18.9. The molecule has 1 heterocycles. The van der Waals surface area contributed by atoms with Gasteiger partial charge in [0.15, 0.2) is 23.2 Å². The van der Waals surface area contributed by atoms with Crippen LogP contribution in [0.1, 0.15) is 51.1 Å². The summed E-state index contributed by atoms with van der Waals surface area (Å²) in [6.45, 7) is 0.0587. The number of rotatable bonds is 7. The SMILES string of the molecule is N#Cc1ccc2c(c1C(=O)CC(CC(=O)O)C(=O)O)OCCCc1cc(N=C(N)N)ccc1C(=O)O2. The lowest BCUT2D eigenvalue weighted by Gasteiger charge is -2.19. The first-order valence-corrected chi connectivity index (χ1v) is 10.7. The number of carbonyl (C=O) groups excluding carboxylic acids is 2. The Morgan fingerprint density at radius 3 is 2.53 bits per heavy atom. The van der Waals surface area contributed by atoms with Gasteiger partial charge in [-0.05, 0) is 48.7 Å². The number of nitrogens with zero attached hydrogens (tertiary/aromatic N) is 2.